The van der Waals surface area contributed by atoms with Gasteiger partial charge in [0, 0.05) is 22.2 Å². The van der Waals surface area contributed by atoms with Crippen LogP contribution in [-0.2, 0) is 6.42 Å². The lowest BCUT2D eigenvalue weighted by Crippen LogP contribution is -2.02. The summed E-state index contributed by atoms with van der Waals surface area (Å²) in [4.78, 5) is 9.16. The van der Waals surface area contributed by atoms with Crippen LogP contribution in [0.5, 0.6) is 11.5 Å². The van der Waals surface area contributed by atoms with Gasteiger partial charge in [0.15, 0.2) is 11.5 Å². The van der Waals surface area contributed by atoms with Crippen molar-refractivity contribution in [2.45, 2.75) is 6.42 Å². The molecule has 1 aliphatic rings. The highest BCUT2D eigenvalue weighted by atomic mass is 16.7. The lowest BCUT2D eigenvalue weighted by atomic mass is 10.1. The van der Waals surface area contributed by atoms with Crippen molar-refractivity contribution in [3.63, 3.8) is 0 Å². The van der Waals surface area contributed by atoms with Gasteiger partial charge in [-0.2, -0.15) is 0 Å². The first-order chi connectivity index (χ1) is 16.3. The third kappa shape index (κ3) is 3.55. The molecular formula is C27H20N4O2. The van der Waals surface area contributed by atoms with Crippen LogP contribution in [-0.4, -0.2) is 27.9 Å². The van der Waals surface area contributed by atoms with Crippen molar-refractivity contribution in [3.05, 3.63) is 89.9 Å². The molecule has 0 saturated carbocycles. The molecule has 3 aromatic carbocycles. The number of fused-ring (bicyclic) bond motifs is 4. The van der Waals surface area contributed by atoms with E-state index in [2.05, 4.69) is 56.7 Å². The Hall–Kier alpha value is -4.34. The zero-order valence-electron chi connectivity index (χ0n) is 17.8. The van der Waals surface area contributed by atoms with Gasteiger partial charge in [-0.1, -0.05) is 24.0 Å². The Morgan fingerprint density at radius 3 is 2.48 bits per heavy atom. The summed E-state index contributed by atoms with van der Waals surface area (Å²) in [6.07, 6.45) is 4.52. The third-order valence-corrected chi connectivity index (χ3v) is 5.74. The predicted molar refractivity (Wildman–Crippen MR) is 128 cm³/mol. The molecule has 0 bridgehead atoms. The van der Waals surface area contributed by atoms with Gasteiger partial charge in [-0.3, -0.25) is 9.55 Å². The molecule has 6 rings (SSSR count). The highest BCUT2D eigenvalue weighted by Crippen LogP contribution is 2.32. The monoisotopic (exact) mass is 432 g/mol. The van der Waals surface area contributed by atoms with E-state index in [-0.39, 0.29) is 6.79 Å². The number of pyridine rings is 1. The van der Waals surface area contributed by atoms with E-state index < -0.39 is 0 Å². The van der Waals surface area contributed by atoms with Gasteiger partial charge in [-0.25, -0.2) is 4.98 Å². The molecule has 0 unspecified atom stereocenters. The fourth-order valence-corrected chi connectivity index (χ4v) is 4.08. The second-order valence-electron chi connectivity index (χ2n) is 7.86. The summed E-state index contributed by atoms with van der Waals surface area (Å²) in [5, 5.41) is 1.01. The largest absolute Gasteiger partial charge is 0.454 e. The fourth-order valence-electron chi connectivity index (χ4n) is 4.08. The number of rotatable bonds is 3. The second kappa shape index (κ2) is 7.97. The first-order valence-corrected chi connectivity index (χ1v) is 10.8. The highest BCUT2D eigenvalue weighted by molar-refractivity contribution is 6.03. The predicted octanol–water partition coefficient (Wildman–Crippen LogP) is 4.20. The fraction of sp³-hybridized carbons (Fsp3) is 0.111. The molecule has 33 heavy (non-hydrogen) atoms. The summed E-state index contributed by atoms with van der Waals surface area (Å²) in [6, 6.07) is 20.2. The minimum absolute atomic E-state index is 0.253. The maximum absolute atomic E-state index is 5.68. The van der Waals surface area contributed by atoms with Crippen LogP contribution >= 0.6 is 0 Å². The number of hydrogen-bond acceptors (Lipinski definition) is 5. The van der Waals surface area contributed by atoms with Gasteiger partial charge in [0.25, 0.3) is 0 Å². The number of hydrogen-bond donors (Lipinski definition) is 1. The van der Waals surface area contributed by atoms with Gasteiger partial charge in [0.1, 0.15) is 11.8 Å². The van der Waals surface area contributed by atoms with Gasteiger partial charge < -0.3 is 15.2 Å². The average molecular weight is 432 g/mol. The van der Waals surface area contributed by atoms with E-state index in [1.54, 1.807) is 0 Å². The Labute approximate surface area is 190 Å². The van der Waals surface area contributed by atoms with E-state index >= 15 is 0 Å². The first-order valence-electron chi connectivity index (χ1n) is 10.8. The molecule has 0 saturated heterocycles. The number of aromatic nitrogens is 3. The molecule has 0 amide bonds. The molecule has 0 atom stereocenters. The molecule has 0 fully saturated rings. The Bertz CT molecular complexity index is 1560. The van der Waals surface area contributed by atoms with E-state index in [1.165, 1.54) is 5.56 Å². The van der Waals surface area contributed by atoms with E-state index in [0.29, 0.717) is 6.54 Å². The average Bonchev–Trinajstić information content (AvgIpc) is 3.50. The maximum atomic E-state index is 5.68. The molecule has 0 radical (unpaired) electrons. The van der Waals surface area contributed by atoms with Crippen LogP contribution in [0.15, 0.2) is 73.2 Å². The van der Waals surface area contributed by atoms with Crippen molar-refractivity contribution in [1.82, 2.24) is 14.5 Å². The molecule has 0 aliphatic carbocycles. The smallest absolute Gasteiger partial charge is 0.231 e. The van der Waals surface area contributed by atoms with Crippen LogP contribution in [0.4, 0.5) is 0 Å². The second-order valence-corrected chi connectivity index (χ2v) is 7.86. The van der Waals surface area contributed by atoms with Gasteiger partial charge in [0.05, 0.1) is 17.2 Å². The van der Waals surface area contributed by atoms with E-state index in [9.17, 15) is 0 Å². The molecule has 160 valence electrons. The Morgan fingerprint density at radius 1 is 0.848 bits per heavy atom. The van der Waals surface area contributed by atoms with Crippen LogP contribution in [0.3, 0.4) is 0 Å². The summed E-state index contributed by atoms with van der Waals surface area (Å²) in [5.41, 5.74) is 12.5. The van der Waals surface area contributed by atoms with Crippen LogP contribution in [0.25, 0.3) is 27.6 Å². The first kappa shape index (κ1) is 19.4. The molecule has 5 aromatic rings. The number of imidazole rings is 1. The summed E-state index contributed by atoms with van der Waals surface area (Å²) in [6.45, 7) is 0.892. The molecule has 6 nitrogen and oxygen atoms in total. The molecule has 2 N–H and O–H groups in total. The summed E-state index contributed by atoms with van der Waals surface area (Å²) in [7, 11) is 0. The number of benzene rings is 3. The lowest BCUT2D eigenvalue weighted by Gasteiger charge is -2.08. The minimum atomic E-state index is 0.253. The Balaban J connectivity index is 1.42. The quantitative estimate of drug-likeness (QED) is 0.433. The van der Waals surface area contributed by atoms with Gasteiger partial charge in [0.2, 0.25) is 6.79 Å². The summed E-state index contributed by atoms with van der Waals surface area (Å²) < 4.78 is 12.9. The maximum Gasteiger partial charge on any atom is 0.231 e. The molecule has 3 heterocycles. The Morgan fingerprint density at radius 2 is 1.64 bits per heavy atom. The molecule has 0 spiro atoms. The minimum Gasteiger partial charge on any atom is -0.454 e. The topological polar surface area (TPSA) is 75.2 Å². The van der Waals surface area contributed by atoms with E-state index in [4.69, 9.17) is 15.2 Å². The molecule has 6 heteroatoms. The number of nitrogens with zero attached hydrogens (tertiary/aromatic N) is 3. The lowest BCUT2D eigenvalue weighted by molar-refractivity contribution is 0.174. The molecule has 1 aliphatic heterocycles. The van der Waals surface area contributed by atoms with Crippen molar-refractivity contribution in [1.29, 1.82) is 0 Å². The summed E-state index contributed by atoms with van der Waals surface area (Å²) >= 11 is 0. The zero-order chi connectivity index (χ0) is 22.2. The molecule has 2 aromatic heterocycles. The summed E-state index contributed by atoms with van der Waals surface area (Å²) in [5.74, 6) is 7.97. The highest BCUT2D eigenvalue weighted by Gasteiger charge is 2.13. The SMILES string of the molecule is NCCc1ccc(-n2cnc3cnc4ccc(C#Cc5ccc6c(c5)OCO6)cc4c32)cc1. The van der Waals surface area contributed by atoms with Crippen molar-refractivity contribution >= 4 is 21.9 Å². The van der Waals surface area contributed by atoms with E-state index in [1.807, 2.05) is 42.9 Å². The normalized spacial score (nSPS) is 12.2. The van der Waals surface area contributed by atoms with Crippen LogP contribution in [0.1, 0.15) is 16.7 Å². The van der Waals surface area contributed by atoms with Crippen molar-refractivity contribution in [2.24, 2.45) is 5.73 Å². The Kier molecular flexibility index (Phi) is 4.68. The van der Waals surface area contributed by atoms with Crippen LogP contribution in [0, 0.1) is 11.8 Å². The van der Waals surface area contributed by atoms with Crippen LogP contribution < -0.4 is 15.2 Å². The van der Waals surface area contributed by atoms with Crippen molar-refractivity contribution in [2.75, 3.05) is 13.3 Å². The standard InChI is InChI=1S/C27H20N4O2/c28-12-11-18-3-7-21(8-4-18)31-16-30-24-15-29-23-9-5-19(13-22(23)27(24)31)1-2-20-6-10-25-26(14-20)33-17-32-25/h3-10,13-16H,11-12,17,28H2. The zero-order valence-corrected chi connectivity index (χ0v) is 17.8. The third-order valence-electron chi connectivity index (χ3n) is 5.74. The van der Waals surface area contributed by atoms with E-state index in [0.717, 1.165) is 56.7 Å². The van der Waals surface area contributed by atoms with Gasteiger partial charge in [-0.15, -0.1) is 0 Å². The number of nitrogens with two attached hydrogens (primary N) is 1. The number of ether oxygens (including phenoxy) is 2. The van der Waals surface area contributed by atoms with Gasteiger partial charge in [-0.05, 0) is 67.1 Å². The van der Waals surface area contributed by atoms with Crippen molar-refractivity contribution in [3.8, 4) is 29.0 Å². The van der Waals surface area contributed by atoms with Crippen molar-refractivity contribution < 1.29 is 9.47 Å². The molecular weight excluding hydrogens is 412 g/mol. The van der Waals surface area contributed by atoms with Crippen LogP contribution in [0.2, 0.25) is 0 Å². The van der Waals surface area contributed by atoms with Gasteiger partial charge >= 0.3 is 0 Å².